The number of esters is 1. The molecule has 4 aromatic heterocycles. The van der Waals surface area contributed by atoms with Gasteiger partial charge in [-0.25, -0.2) is 14.7 Å². The first-order valence-electron chi connectivity index (χ1n) is 12.3. The molecule has 0 unspecified atom stereocenters. The number of methoxy groups -OCH3 is 1. The van der Waals surface area contributed by atoms with Crippen molar-refractivity contribution in [1.29, 1.82) is 0 Å². The van der Waals surface area contributed by atoms with Crippen LogP contribution in [0.1, 0.15) is 41.4 Å². The smallest absolute Gasteiger partial charge is 0.341 e. The number of imidazole rings is 1. The molecular formula is C27H28N8O3. The van der Waals surface area contributed by atoms with Gasteiger partial charge in [0.05, 0.1) is 13.7 Å². The van der Waals surface area contributed by atoms with Crippen LogP contribution in [0.5, 0.6) is 0 Å². The average molecular weight is 513 g/mol. The Bertz CT molecular complexity index is 1630. The molecular weight excluding hydrogens is 484 g/mol. The molecule has 38 heavy (non-hydrogen) atoms. The molecule has 11 heteroatoms. The number of tetrazole rings is 1. The van der Waals surface area contributed by atoms with Gasteiger partial charge in [0.2, 0.25) is 0 Å². The molecule has 5 aromatic rings. The van der Waals surface area contributed by atoms with Crippen molar-refractivity contribution in [3.05, 3.63) is 88.5 Å². The summed E-state index contributed by atoms with van der Waals surface area (Å²) >= 11 is 0. The Morgan fingerprint density at radius 3 is 2.66 bits per heavy atom. The molecule has 5 rings (SSSR count). The number of carbonyl (C=O) groups is 1. The maximum Gasteiger partial charge on any atom is 0.341 e. The largest absolute Gasteiger partial charge is 0.465 e. The summed E-state index contributed by atoms with van der Waals surface area (Å²) in [5, 5.41) is 14.4. The summed E-state index contributed by atoms with van der Waals surface area (Å²) in [5.74, 6) is 0.519. The third-order valence-electron chi connectivity index (χ3n) is 6.57. The van der Waals surface area contributed by atoms with Crippen LogP contribution in [0.25, 0.3) is 28.3 Å². The number of carbonyl (C=O) groups excluding carboxylic acids is 1. The Morgan fingerprint density at radius 1 is 1.11 bits per heavy atom. The Morgan fingerprint density at radius 2 is 1.92 bits per heavy atom. The molecule has 0 aliphatic rings. The SMILES string of the molecule is CCCCc1cn(-c2c(C(=O)OC)ccn2C)c(=O)n1Cc1cnccc1-c1ccccc1-c1nnn[nH]1. The van der Waals surface area contributed by atoms with Crippen LogP contribution in [-0.4, -0.2) is 52.4 Å². The number of rotatable bonds is 9. The van der Waals surface area contributed by atoms with Crippen LogP contribution in [0.4, 0.5) is 0 Å². The summed E-state index contributed by atoms with van der Waals surface area (Å²) in [5.41, 5.74) is 4.50. The fraction of sp³-hybridized carbons (Fsp3) is 0.259. The molecule has 0 spiro atoms. The number of unbranched alkanes of at least 4 members (excludes halogenated alkanes) is 1. The van der Waals surface area contributed by atoms with Crippen molar-refractivity contribution >= 4 is 5.97 Å². The Kier molecular flexibility index (Phi) is 6.98. The Hall–Kier alpha value is -4.80. The molecule has 0 amide bonds. The van der Waals surface area contributed by atoms with Crippen LogP contribution < -0.4 is 5.69 Å². The van der Waals surface area contributed by atoms with Crippen molar-refractivity contribution in [3.63, 3.8) is 0 Å². The molecule has 194 valence electrons. The van der Waals surface area contributed by atoms with E-state index in [2.05, 4.69) is 32.5 Å². The van der Waals surface area contributed by atoms with E-state index in [9.17, 15) is 9.59 Å². The number of hydrogen-bond acceptors (Lipinski definition) is 7. The van der Waals surface area contributed by atoms with Gasteiger partial charge in [-0.2, -0.15) is 0 Å². The molecule has 1 N–H and O–H groups in total. The summed E-state index contributed by atoms with van der Waals surface area (Å²) in [6, 6.07) is 11.4. The number of nitrogens with one attached hydrogen (secondary N) is 1. The second kappa shape index (κ2) is 10.7. The van der Waals surface area contributed by atoms with Gasteiger partial charge in [-0.15, -0.1) is 5.10 Å². The van der Waals surface area contributed by atoms with E-state index in [0.29, 0.717) is 30.2 Å². The topological polar surface area (TPSA) is 126 Å². The van der Waals surface area contributed by atoms with E-state index in [1.165, 1.54) is 11.7 Å². The summed E-state index contributed by atoms with van der Waals surface area (Å²) in [4.78, 5) is 30.7. The van der Waals surface area contributed by atoms with E-state index in [1.807, 2.05) is 36.5 Å². The molecule has 0 bridgehead atoms. The zero-order valence-electron chi connectivity index (χ0n) is 21.5. The molecule has 1 aromatic carbocycles. The van der Waals surface area contributed by atoms with E-state index in [0.717, 1.165) is 40.8 Å². The van der Waals surface area contributed by atoms with Gasteiger partial charge in [0.25, 0.3) is 0 Å². The summed E-state index contributed by atoms with van der Waals surface area (Å²) in [6.45, 7) is 2.41. The summed E-state index contributed by atoms with van der Waals surface area (Å²) in [6.07, 6.45) is 9.69. The van der Waals surface area contributed by atoms with Gasteiger partial charge in [0, 0.05) is 43.1 Å². The molecule has 0 saturated carbocycles. The first-order valence-corrected chi connectivity index (χ1v) is 12.3. The maximum atomic E-state index is 13.9. The van der Waals surface area contributed by atoms with Crippen molar-refractivity contribution in [2.45, 2.75) is 32.7 Å². The van der Waals surface area contributed by atoms with Crippen LogP contribution >= 0.6 is 0 Å². The van der Waals surface area contributed by atoms with E-state index in [4.69, 9.17) is 4.74 Å². The number of hydrogen-bond donors (Lipinski definition) is 1. The minimum absolute atomic E-state index is 0.245. The van der Waals surface area contributed by atoms with E-state index >= 15 is 0 Å². The molecule has 0 aliphatic carbocycles. The number of nitrogens with zero attached hydrogens (tertiary/aromatic N) is 7. The van der Waals surface area contributed by atoms with Gasteiger partial charge in [-0.05, 0) is 52.1 Å². The number of aryl methyl sites for hydroxylation is 2. The third-order valence-corrected chi connectivity index (χ3v) is 6.57. The van der Waals surface area contributed by atoms with Crippen LogP contribution in [0.2, 0.25) is 0 Å². The molecule has 0 saturated heterocycles. The number of aromatic amines is 1. The summed E-state index contributed by atoms with van der Waals surface area (Å²) < 4.78 is 9.99. The van der Waals surface area contributed by atoms with Crippen LogP contribution in [0.3, 0.4) is 0 Å². The minimum atomic E-state index is -0.497. The zero-order valence-corrected chi connectivity index (χ0v) is 21.5. The van der Waals surface area contributed by atoms with Crippen molar-refractivity contribution < 1.29 is 9.53 Å². The number of pyridine rings is 1. The fourth-order valence-electron chi connectivity index (χ4n) is 4.68. The summed E-state index contributed by atoms with van der Waals surface area (Å²) in [7, 11) is 3.13. The molecule has 0 fully saturated rings. The lowest BCUT2D eigenvalue weighted by atomic mass is 9.96. The Balaban J connectivity index is 1.63. The van der Waals surface area contributed by atoms with Crippen LogP contribution in [0.15, 0.2) is 66.0 Å². The highest BCUT2D eigenvalue weighted by molar-refractivity contribution is 5.93. The number of ether oxygens (including phenoxy) is 1. The monoisotopic (exact) mass is 512 g/mol. The van der Waals surface area contributed by atoms with Gasteiger partial charge in [0.1, 0.15) is 11.4 Å². The van der Waals surface area contributed by atoms with Crippen LogP contribution in [-0.2, 0) is 24.8 Å². The number of benzene rings is 1. The Labute approximate surface area is 218 Å². The van der Waals surface area contributed by atoms with E-state index in [1.54, 1.807) is 40.8 Å². The second-order valence-corrected chi connectivity index (χ2v) is 8.95. The molecule has 4 heterocycles. The lowest BCUT2D eigenvalue weighted by Crippen LogP contribution is -2.27. The first-order chi connectivity index (χ1) is 18.5. The molecule has 0 radical (unpaired) electrons. The molecule has 0 aliphatic heterocycles. The lowest BCUT2D eigenvalue weighted by molar-refractivity contribution is 0.0600. The van der Waals surface area contributed by atoms with Gasteiger partial charge < -0.3 is 9.30 Å². The van der Waals surface area contributed by atoms with Gasteiger partial charge in [0.15, 0.2) is 5.82 Å². The van der Waals surface area contributed by atoms with Crippen LogP contribution in [0, 0.1) is 0 Å². The minimum Gasteiger partial charge on any atom is -0.465 e. The highest BCUT2D eigenvalue weighted by Crippen LogP contribution is 2.32. The third kappa shape index (κ3) is 4.54. The standard InChI is InChI=1S/C27H28N8O3/c1-4-5-8-19-17-35(25-23(26(36)38-3)12-14-33(25)2)27(37)34(19)16-18-15-28-13-11-20(18)21-9-6-7-10-22(21)24-29-31-32-30-24/h6-7,9-15,17H,4-5,8,16H2,1-3H3,(H,29,30,31,32). The highest BCUT2D eigenvalue weighted by atomic mass is 16.5. The number of H-pyrrole nitrogens is 1. The van der Waals surface area contributed by atoms with Gasteiger partial charge in [-0.1, -0.05) is 37.6 Å². The highest BCUT2D eigenvalue weighted by Gasteiger charge is 2.22. The second-order valence-electron chi connectivity index (χ2n) is 8.95. The fourth-order valence-corrected chi connectivity index (χ4v) is 4.68. The maximum absolute atomic E-state index is 13.9. The van der Waals surface area contributed by atoms with Gasteiger partial charge in [-0.3, -0.25) is 14.1 Å². The van der Waals surface area contributed by atoms with Crippen molar-refractivity contribution in [3.8, 4) is 28.3 Å². The lowest BCUT2D eigenvalue weighted by Gasteiger charge is -2.14. The predicted octanol–water partition coefficient (Wildman–Crippen LogP) is 3.40. The van der Waals surface area contributed by atoms with Crippen molar-refractivity contribution in [2.24, 2.45) is 7.05 Å². The quantitative estimate of drug-likeness (QED) is 0.300. The normalized spacial score (nSPS) is 11.1. The first kappa shape index (κ1) is 24.9. The number of aromatic nitrogens is 8. The van der Waals surface area contributed by atoms with E-state index < -0.39 is 5.97 Å². The zero-order chi connectivity index (χ0) is 26.6. The molecule has 0 atom stereocenters. The van der Waals surface area contributed by atoms with Crippen molar-refractivity contribution in [1.82, 2.24) is 39.3 Å². The van der Waals surface area contributed by atoms with Gasteiger partial charge >= 0.3 is 11.7 Å². The predicted molar refractivity (Wildman–Crippen MR) is 141 cm³/mol. The van der Waals surface area contributed by atoms with Crippen molar-refractivity contribution in [2.75, 3.05) is 7.11 Å². The molecule has 11 nitrogen and oxygen atoms in total. The average Bonchev–Trinajstić information content (AvgIpc) is 3.68. The van der Waals surface area contributed by atoms with E-state index in [-0.39, 0.29) is 5.69 Å².